The Labute approximate surface area is 88.8 Å². The van der Waals surface area contributed by atoms with E-state index >= 15 is 0 Å². The molecule has 14 heavy (non-hydrogen) atoms. The lowest BCUT2D eigenvalue weighted by Crippen LogP contribution is -2.03. The Kier molecular flexibility index (Phi) is 4.11. The Morgan fingerprint density at radius 1 is 1.50 bits per heavy atom. The molecule has 0 aliphatic carbocycles. The van der Waals surface area contributed by atoms with Gasteiger partial charge in [-0.05, 0) is 30.7 Å². The lowest BCUT2D eigenvalue weighted by Gasteiger charge is -2.02. The fourth-order valence-corrected chi connectivity index (χ4v) is 1.27. The van der Waals surface area contributed by atoms with Crippen LogP contribution in [0.1, 0.15) is 22.3 Å². The molecule has 0 amide bonds. The van der Waals surface area contributed by atoms with E-state index in [1.165, 1.54) is 0 Å². The van der Waals surface area contributed by atoms with Gasteiger partial charge >= 0.3 is 0 Å². The van der Waals surface area contributed by atoms with Crippen LogP contribution in [0.25, 0.3) is 0 Å². The minimum Gasteiger partial charge on any atom is -0.384 e. The van der Waals surface area contributed by atoms with E-state index in [-0.39, 0.29) is 5.78 Å². The SMILES string of the molecule is COCCC(=O)c1ccc(Cl)c(C)c1. The van der Waals surface area contributed by atoms with E-state index in [4.69, 9.17) is 16.3 Å². The summed E-state index contributed by atoms with van der Waals surface area (Å²) in [6.45, 7) is 2.34. The van der Waals surface area contributed by atoms with Gasteiger partial charge in [-0.3, -0.25) is 4.79 Å². The van der Waals surface area contributed by atoms with E-state index in [2.05, 4.69) is 0 Å². The smallest absolute Gasteiger partial charge is 0.165 e. The molecular formula is C11H13ClO2. The molecule has 0 atom stereocenters. The summed E-state index contributed by atoms with van der Waals surface area (Å²) in [4.78, 5) is 11.5. The van der Waals surface area contributed by atoms with Gasteiger partial charge in [0, 0.05) is 24.1 Å². The first-order valence-electron chi connectivity index (χ1n) is 4.43. The van der Waals surface area contributed by atoms with Crippen molar-refractivity contribution in [3.63, 3.8) is 0 Å². The number of Topliss-reactive ketones (excluding diaryl/α,β-unsaturated/α-hetero) is 1. The topological polar surface area (TPSA) is 26.3 Å². The lowest BCUT2D eigenvalue weighted by atomic mass is 10.1. The van der Waals surface area contributed by atoms with Crippen LogP contribution in [0.5, 0.6) is 0 Å². The molecule has 0 aliphatic heterocycles. The summed E-state index contributed by atoms with van der Waals surface area (Å²) in [7, 11) is 1.58. The zero-order valence-corrected chi connectivity index (χ0v) is 9.10. The number of hydrogen-bond donors (Lipinski definition) is 0. The minimum absolute atomic E-state index is 0.0895. The van der Waals surface area contributed by atoms with Gasteiger partial charge in [0.1, 0.15) is 0 Å². The van der Waals surface area contributed by atoms with Crippen LogP contribution in [0.15, 0.2) is 18.2 Å². The average molecular weight is 213 g/mol. The van der Waals surface area contributed by atoms with Crippen molar-refractivity contribution in [3.8, 4) is 0 Å². The van der Waals surface area contributed by atoms with E-state index in [1.807, 2.05) is 6.92 Å². The monoisotopic (exact) mass is 212 g/mol. The third-order valence-electron chi connectivity index (χ3n) is 2.01. The van der Waals surface area contributed by atoms with Crippen molar-refractivity contribution >= 4 is 17.4 Å². The Balaban J connectivity index is 2.76. The van der Waals surface area contributed by atoms with Gasteiger partial charge in [0.2, 0.25) is 0 Å². The van der Waals surface area contributed by atoms with Crippen molar-refractivity contribution in [2.24, 2.45) is 0 Å². The number of ketones is 1. The third-order valence-corrected chi connectivity index (χ3v) is 2.44. The quantitative estimate of drug-likeness (QED) is 0.718. The molecule has 76 valence electrons. The molecule has 1 aromatic rings. The highest BCUT2D eigenvalue weighted by Crippen LogP contribution is 2.17. The van der Waals surface area contributed by atoms with Crippen LogP contribution in [0.3, 0.4) is 0 Å². The number of methoxy groups -OCH3 is 1. The molecule has 0 saturated carbocycles. The van der Waals surface area contributed by atoms with E-state index in [9.17, 15) is 4.79 Å². The molecule has 0 aromatic heterocycles. The van der Waals surface area contributed by atoms with Gasteiger partial charge in [-0.15, -0.1) is 0 Å². The zero-order valence-electron chi connectivity index (χ0n) is 8.34. The maximum atomic E-state index is 11.5. The minimum atomic E-state index is 0.0895. The second kappa shape index (κ2) is 5.13. The standard InChI is InChI=1S/C11H13ClO2/c1-8-7-9(3-4-10(8)12)11(13)5-6-14-2/h3-4,7H,5-6H2,1-2H3. The molecule has 0 spiro atoms. The number of hydrogen-bond acceptors (Lipinski definition) is 2. The molecule has 0 aliphatic rings. The predicted molar refractivity (Wildman–Crippen MR) is 57.0 cm³/mol. The fraction of sp³-hybridized carbons (Fsp3) is 0.364. The molecule has 0 radical (unpaired) electrons. The lowest BCUT2D eigenvalue weighted by molar-refractivity contribution is 0.0932. The normalized spacial score (nSPS) is 10.2. The average Bonchev–Trinajstić information content (AvgIpc) is 2.18. The summed E-state index contributed by atoms with van der Waals surface area (Å²) in [5.41, 5.74) is 1.62. The maximum Gasteiger partial charge on any atom is 0.165 e. The number of rotatable bonds is 4. The van der Waals surface area contributed by atoms with Crippen molar-refractivity contribution < 1.29 is 9.53 Å². The van der Waals surface area contributed by atoms with E-state index < -0.39 is 0 Å². The van der Waals surface area contributed by atoms with Crippen molar-refractivity contribution in [3.05, 3.63) is 34.3 Å². The zero-order chi connectivity index (χ0) is 10.6. The summed E-state index contributed by atoms with van der Waals surface area (Å²) in [5, 5.41) is 0.688. The van der Waals surface area contributed by atoms with Gasteiger partial charge < -0.3 is 4.74 Å². The molecule has 0 saturated heterocycles. The van der Waals surface area contributed by atoms with Gasteiger partial charge in [0.05, 0.1) is 6.61 Å². The first kappa shape index (κ1) is 11.2. The van der Waals surface area contributed by atoms with Crippen LogP contribution in [-0.4, -0.2) is 19.5 Å². The first-order chi connectivity index (χ1) is 6.65. The Hall–Kier alpha value is -0.860. The largest absolute Gasteiger partial charge is 0.384 e. The van der Waals surface area contributed by atoms with Crippen molar-refractivity contribution in [2.45, 2.75) is 13.3 Å². The van der Waals surface area contributed by atoms with Crippen molar-refractivity contribution in [1.82, 2.24) is 0 Å². The molecule has 0 bridgehead atoms. The van der Waals surface area contributed by atoms with Crippen LogP contribution in [-0.2, 0) is 4.74 Å². The van der Waals surface area contributed by atoms with Gasteiger partial charge in [-0.1, -0.05) is 11.6 Å². The maximum absolute atomic E-state index is 11.5. The Morgan fingerprint density at radius 3 is 2.79 bits per heavy atom. The van der Waals surface area contributed by atoms with E-state index in [0.717, 1.165) is 5.56 Å². The highest BCUT2D eigenvalue weighted by Gasteiger charge is 2.06. The van der Waals surface area contributed by atoms with Gasteiger partial charge in [-0.25, -0.2) is 0 Å². The Bertz CT molecular complexity index is 334. The molecule has 0 fully saturated rings. The van der Waals surface area contributed by atoms with Gasteiger partial charge in [0.15, 0.2) is 5.78 Å². The summed E-state index contributed by atoms with van der Waals surface area (Å²) in [5.74, 6) is 0.0895. The van der Waals surface area contributed by atoms with Crippen LogP contribution in [0.2, 0.25) is 5.02 Å². The highest BCUT2D eigenvalue weighted by molar-refractivity contribution is 6.31. The molecule has 0 N–H and O–H groups in total. The molecule has 0 unspecified atom stereocenters. The second-order valence-corrected chi connectivity index (χ2v) is 3.54. The summed E-state index contributed by atoms with van der Waals surface area (Å²) < 4.78 is 4.84. The number of aryl methyl sites for hydroxylation is 1. The molecule has 3 heteroatoms. The predicted octanol–water partition coefficient (Wildman–Crippen LogP) is 2.87. The van der Waals surface area contributed by atoms with Crippen molar-refractivity contribution in [2.75, 3.05) is 13.7 Å². The van der Waals surface area contributed by atoms with Crippen LogP contribution in [0, 0.1) is 6.92 Å². The van der Waals surface area contributed by atoms with Crippen molar-refractivity contribution in [1.29, 1.82) is 0 Å². The molecular weight excluding hydrogens is 200 g/mol. The molecule has 1 aromatic carbocycles. The highest BCUT2D eigenvalue weighted by atomic mass is 35.5. The number of benzene rings is 1. The van der Waals surface area contributed by atoms with E-state index in [0.29, 0.717) is 23.6 Å². The number of carbonyl (C=O) groups is 1. The summed E-state index contributed by atoms with van der Waals surface area (Å²) in [6.07, 6.45) is 0.414. The van der Waals surface area contributed by atoms with Crippen LogP contribution >= 0.6 is 11.6 Å². The number of halogens is 1. The Morgan fingerprint density at radius 2 is 2.21 bits per heavy atom. The molecule has 1 rings (SSSR count). The first-order valence-corrected chi connectivity index (χ1v) is 4.81. The molecule has 2 nitrogen and oxygen atoms in total. The molecule has 0 heterocycles. The van der Waals surface area contributed by atoms with Crippen LogP contribution < -0.4 is 0 Å². The number of carbonyl (C=O) groups excluding carboxylic acids is 1. The van der Waals surface area contributed by atoms with Crippen LogP contribution in [0.4, 0.5) is 0 Å². The van der Waals surface area contributed by atoms with Gasteiger partial charge in [-0.2, -0.15) is 0 Å². The van der Waals surface area contributed by atoms with Gasteiger partial charge in [0.25, 0.3) is 0 Å². The summed E-state index contributed by atoms with van der Waals surface area (Å²) in [6, 6.07) is 5.30. The summed E-state index contributed by atoms with van der Waals surface area (Å²) >= 11 is 5.85. The van der Waals surface area contributed by atoms with E-state index in [1.54, 1.807) is 25.3 Å². The number of ether oxygens (including phenoxy) is 1. The fourth-order valence-electron chi connectivity index (χ4n) is 1.16. The third kappa shape index (κ3) is 2.82. The second-order valence-electron chi connectivity index (χ2n) is 3.13.